The van der Waals surface area contributed by atoms with Crippen molar-refractivity contribution in [3.63, 3.8) is 0 Å². The summed E-state index contributed by atoms with van der Waals surface area (Å²) in [6.45, 7) is 7.92. The number of carbonyl (C=O) groups excluding carboxylic acids is 1. The van der Waals surface area contributed by atoms with Crippen LogP contribution in [0.15, 0.2) is 30.3 Å². The van der Waals surface area contributed by atoms with Crippen LogP contribution in [0.5, 0.6) is 0 Å². The van der Waals surface area contributed by atoms with Crippen molar-refractivity contribution >= 4 is 5.91 Å². The Kier molecular flexibility index (Phi) is 6.45. The molecular formula is C21H30N4O. The van der Waals surface area contributed by atoms with Crippen molar-refractivity contribution in [2.24, 2.45) is 0 Å². The normalized spacial score (nSPS) is 18.0. The van der Waals surface area contributed by atoms with Crippen LogP contribution in [0.2, 0.25) is 0 Å². The predicted octanol–water partition coefficient (Wildman–Crippen LogP) is 2.95. The van der Waals surface area contributed by atoms with Gasteiger partial charge < -0.3 is 10.2 Å². The average Bonchev–Trinajstić information content (AvgIpc) is 2.99. The molecule has 3 rings (SSSR count). The SMILES string of the molecule is Cc1[nH]nc(CCC(=O)NCCN2CCCC(c3ccccc3)C2)c1C. The second kappa shape index (κ2) is 8.99. The van der Waals surface area contributed by atoms with Gasteiger partial charge in [-0.2, -0.15) is 5.10 Å². The van der Waals surface area contributed by atoms with E-state index < -0.39 is 0 Å². The predicted molar refractivity (Wildman–Crippen MR) is 104 cm³/mol. The van der Waals surface area contributed by atoms with Crippen LogP contribution >= 0.6 is 0 Å². The number of hydrogen-bond acceptors (Lipinski definition) is 3. The van der Waals surface area contributed by atoms with Crippen LogP contribution in [0.25, 0.3) is 0 Å². The maximum absolute atomic E-state index is 12.1. The zero-order valence-corrected chi connectivity index (χ0v) is 15.9. The molecule has 0 bridgehead atoms. The fraction of sp³-hybridized carbons (Fsp3) is 0.524. The Hall–Kier alpha value is -2.14. The van der Waals surface area contributed by atoms with Crippen molar-refractivity contribution in [3.05, 3.63) is 52.8 Å². The van der Waals surface area contributed by atoms with E-state index in [0.717, 1.165) is 43.1 Å². The highest BCUT2D eigenvalue weighted by Gasteiger charge is 2.20. The highest BCUT2D eigenvalue weighted by molar-refractivity contribution is 5.76. The number of nitrogens with one attached hydrogen (secondary N) is 2. The monoisotopic (exact) mass is 354 g/mol. The molecule has 5 heteroatoms. The maximum atomic E-state index is 12.1. The van der Waals surface area contributed by atoms with Gasteiger partial charge in [-0.25, -0.2) is 0 Å². The summed E-state index contributed by atoms with van der Waals surface area (Å²) in [5.74, 6) is 0.730. The van der Waals surface area contributed by atoms with Crippen LogP contribution in [-0.4, -0.2) is 47.2 Å². The molecule has 1 saturated heterocycles. The summed E-state index contributed by atoms with van der Waals surface area (Å²) in [7, 11) is 0. The van der Waals surface area contributed by atoms with Gasteiger partial charge in [-0.15, -0.1) is 0 Å². The zero-order valence-electron chi connectivity index (χ0n) is 15.9. The molecule has 1 aliphatic heterocycles. The number of aromatic amines is 1. The van der Waals surface area contributed by atoms with Gasteiger partial charge in [0.25, 0.3) is 0 Å². The third-order valence-electron chi connectivity index (χ3n) is 5.47. The summed E-state index contributed by atoms with van der Waals surface area (Å²) >= 11 is 0. The Balaban J connectivity index is 1.37. The molecule has 1 aromatic heterocycles. The van der Waals surface area contributed by atoms with Gasteiger partial charge >= 0.3 is 0 Å². The molecule has 2 aromatic rings. The summed E-state index contributed by atoms with van der Waals surface area (Å²) in [6, 6.07) is 10.8. The lowest BCUT2D eigenvalue weighted by atomic mass is 9.91. The Bertz CT molecular complexity index is 710. The zero-order chi connectivity index (χ0) is 18.4. The molecule has 1 atom stereocenters. The lowest BCUT2D eigenvalue weighted by Gasteiger charge is -2.33. The van der Waals surface area contributed by atoms with Crippen LogP contribution < -0.4 is 5.32 Å². The van der Waals surface area contributed by atoms with E-state index in [1.165, 1.54) is 18.4 Å². The number of rotatable bonds is 7. The Morgan fingerprint density at radius 1 is 1.31 bits per heavy atom. The summed E-state index contributed by atoms with van der Waals surface area (Å²) in [5.41, 5.74) is 4.68. The van der Waals surface area contributed by atoms with Gasteiger partial charge in [-0.3, -0.25) is 9.89 Å². The fourth-order valence-corrected chi connectivity index (χ4v) is 3.71. The molecule has 1 unspecified atom stereocenters. The summed E-state index contributed by atoms with van der Waals surface area (Å²) in [4.78, 5) is 14.6. The van der Waals surface area contributed by atoms with Crippen LogP contribution in [0.4, 0.5) is 0 Å². The van der Waals surface area contributed by atoms with Crippen molar-refractivity contribution in [1.29, 1.82) is 0 Å². The summed E-state index contributed by atoms with van der Waals surface area (Å²) in [5, 5.41) is 10.3. The van der Waals surface area contributed by atoms with Crippen LogP contribution in [-0.2, 0) is 11.2 Å². The Morgan fingerprint density at radius 2 is 2.12 bits per heavy atom. The van der Waals surface area contributed by atoms with Gasteiger partial charge in [0.2, 0.25) is 5.91 Å². The van der Waals surface area contributed by atoms with Crippen LogP contribution in [0.1, 0.15) is 47.7 Å². The van der Waals surface area contributed by atoms with E-state index in [4.69, 9.17) is 0 Å². The highest BCUT2D eigenvalue weighted by atomic mass is 16.1. The number of H-pyrrole nitrogens is 1. The molecule has 1 amide bonds. The number of aryl methyl sites for hydroxylation is 2. The quantitative estimate of drug-likeness (QED) is 0.804. The summed E-state index contributed by atoms with van der Waals surface area (Å²) in [6.07, 6.45) is 3.68. The van der Waals surface area contributed by atoms with Crippen molar-refractivity contribution in [2.45, 2.75) is 45.4 Å². The van der Waals surface area contributed by atoms with Gasteiger partial charge in [0.15, 0.2) is 0 Å². The first-order valence-corrected chi connectivity index (χ1v) is 9.68. The number of piperidine rings is 1. The van der Waals surface area contributed by atoms with E-state index in [9.17, 15) is 4.79 Å². The van der Waals surface area contributed by atoms with Crippen LogP contribution in [0.3, 0.4) is 0 Å². The molecule has 0 radical (unpaired) electrons. The standard InChI is InChI=1S/C21H30N4O/c1-16-17(2)23-24-20(16)10-11-21(26)22-12-14-25-13-6-9-19(15-25)18-7-4-3-5-8-18/h3-5,7-8,19H,6,9-15H2,1-2H3,(H,22,26)(H,23,24). The molecule has 140 valence electrons. The van der Waals surface area contributed by atoms with Gasteiger partial charge in [0.05, 0.1) is 5.69 Å². The highest BCUT2D eigenvalue weighted by Crippen LogP contribution is 2.26. The first-order valence-electron chi connectivity index (χ1n) is 9.68. The van der Waals surface area contributed by atoms with E-state index in [2.05, 4.69) is 50.7 Å². The molecule has 5 nitrogen and oxygen atoms in total. The van der Waals surface area contributed by atoms with Crippen molar-refractivity contribution in [3.8, 4) is 0 Å². The van der Waals surface area contributed by atoms with Crippen LogP contribution in [0, 0.1) is 13.8 Å². The molecule has 26 heavy (non-hydrogen) atoms. The lowest BCUT2D eigenvalue weighted by molar-refractivity contribution is -0.121. The summed E-state index contributed by atoms with van der Waals surface area (Å²) < 4.78 is 0. The van der Waals surface area contributed by atoms with Gasteiger partial charge in [-0.05, 0) is 50.3 Å². The smallest absolute Gasteiger partial charge is 0.220 e. The molecule has 0 aliphatic carbocycles. The van der Waals surface area contributed by atoms with E-state index in [-0.39, 0.29) is 5.91 Å². The largest absolute Gasteiger partial charge is 0.355 e. The maximum Gasteiger partial charge on any atom is 0.220 e. The minimum atomic E-state index is 0.113. The van der Waals surface area contributed by atoms with E-state index in [0.29, 0.717) is 18.8 Å². The second-order valence-corrected chi connectivity index (χ2v) is 7.32. The molecule has 2 N–H and O–H groups in total. The second-order valence-electron chi connectivity index (χ2n) is 7.32. The number of carbonyl (C=O) groups is 1. The first-order chi connectivity index (χ1) is 12.6. The van der Waals surface area contributed by atoms with E-state index >= 15 is 0 Å². The number of nitrogens with zero attached hydrogens (tertiary/aromatic N) is 2. The molecule has 1 aliphatic rings. The average molecular weight is 354 g/mol. The molecule has 0 saturated carbocycles. The number of benzene rings is 1. The minimum Gasteiger partial charge on any atom is -0.355 e. The minimum absolute atomic E-state index is 0.113. The van der Waals surface area contributed by atoms with Crippen molar-refractivity contribution < 1.29 is 4.79 Å². The van der Waals surface area contributed by atoms with E-state index in [1.807, 2.05) is 13.8 Å². The van der Waals surface area contributed by atoms with Crippen molar-refractivity contribution in [1.82, 2.24) is 20.4 Å². The number of likely N-dealkylation sites (tertiary alicyclic amines) is 1. The number of aromatic nitrogens is 2. The van der Waals surface area contributed by atoms with Gasteiger partial charge in [0, 0.05) is 38.2 Å². The molecular weight excluding hydrogens is 324 g/mol. The van der Waals surface area contributed by atoms with E-state index in [1.54, 1.807) is 0 Å². The van der Waals surface area contributed by atoms with Crippen molar-refractivity contribution in [2.75, 3.05) is 26.2 Å². The molecule has 1 aromatic carbocycles. The third-order valence-corrected chi connectivity index (χ3v) is 5.47. The molecule has 1 fully saturated rings. The van der Waals surface area contributed by atoms with Gasteiger partial charge in [0.1, 0.15) is 0 Å². The first kappa shape index (κ1) is 18.6. The Morgan fingerprint density at radius 3 is 2.85 bits per heavy atom. The lowest BCUT2D eigenvalue weighted by Crippen LogP contribution is -2.40. The topological polar surface area (TPSA) is 61.0 Å². The number of amides is 1. The number of hydrogen-bond donors (Lipinski definition) is 2. The third kappa shape index (κ3) is 4.94. The van der Waals surface area contributed by atoms with Gasteiger partial charge in [-0.1, -0.05) is 30.3 Å². The fourth-order valence-electron chi connectivity index (χ4n) is 3.71. The Labute approximate surface area is 156 Å². The molecule has 0 spiro atoms. The molecule has 2 heterocycles.